The van der Waals surface area contributed by atoms with Gasteiger partial charge in [-0.2, -0.15) is 0 Å². The molecule has 0 aliphatic heterocycles. The molecule has 6 heteroatoms. The maximum absolute atomic E-state index is 12.2. The SMILES string of the molecule is CC(C)(C)N(CCC(=O)O)C(=O)c1ccc(Br)o1. The Morgan fingerprint density at radius 3 is 2.39 bits per heavy atom. The summed E-state index contributed by atoms with van der Waals surface area (Å²) in [5.74, 6) is -1.05. The van der Waals surface area contributed by atoms with Crippen molar-refractivity contribution < 1.29 is 19.1 Å². The lowest BCUT2D eigenvalue weighted by molar-refractivity contribution is -0.137. The quantitative estimate of drug-likeness (QED) is 0.926. The maximum atomic E-state index is 12.2. The molecule has 100 valence electrons. The first kappa shape index (κ1) is 14.8. The summed E-state index contributed by atoms with van der Waals surface area (Å²) in [5.41, 5.74) is -0.466. The number of rotatable bonds is 4. The van der Waals surface area contributed by atoms with Gasteiger partial charge in [0.15, 0.2) is 10.4 Å². The largest absolute Gasteiger partial charge is 0.481 e. The number of hydrogen-bond acceptors (Lipinski definition) is 3. The van der Waals surface area contributed by atoms with Gasteiger partial charge >= 0.3 is 5.97 Å². The van der Waals surface area contributed by atoms with Crippen LogP contribution in [-0.2, 0) is 4.79 Å². The smallest absolute Gasteiger partial charge is 0.305 e. The third-order valence-corrected chi connectivity index (χ3v) is 2.81. The highest BCUT2D eigenvalue weighted by Gasteiger charge is 2.29. The molecule has 0 saturated heterocycles. The van der Waals surface area contributed by atoms with Crippen LogP contribution in [-0.4, -0.2) is 34.0 Å². The molecule has 0 aliphatic rings. The van der Waals surface area contributed by atoms with Gasteiger partial charge in [0.2, 0.25) is 0 Å². The van der Waals surface area contributed by atoms with Gasteiger partial charge in [-0.3, -0.25) is 9.59 Å². The van der Waals surface area contributed by atoms with Crippen LogP contribution in [0.1, 0.15) is 37.7 Å². The summed E-state index contributed by atoms with van der Waals surface area (Å²) < 4.78 is 5.68. The number of carboxylic acid groups (broad SMARTS) is 1. The van der Waals surface area contributed by atoms with E-state index in [1.54, 1.807) is 12.1 Å². The highest BCUT2D eigenvalue weighted by Crippen LogP contribution is 2.21. The van der Waals surface area contributed by atoms with Gasteiger partial charge in [0.05, 0.1) is 6.42 Å². The molecular weight excluding hydrogens is 302 g/mol. The number of carbonyl (C=O) groups excluding carboxylic acids is 1. The van der Waals surface area contributed by atoms with Gasteiger partial charge in [0, 0.05) is 12.1 Å². The lowest BCUT2D eigenvalue weighted by Crippen LogP contribution is -2.46. The zero-order valence-electron chi connectivity index (χ0n) is 10.6. The molecule has 0 bridgehead atoms. The van der Waals surface area contributed by atoms with Crippen LogP contribution in [0.15, 0.2) is 21.2 Å². The number of carbonyl (C=O) groups is 2. The normalized spacial score (nSPS) is 11.3. The Hall–Kier alpha value is -1.30. The molecule has 0 radical (unpaired) electrons. The molecular formula is C12H16BrNO4. The molecule has 0 spiro atoms. The van der Waals surface area contributed by atoms with E-state index in [4.69, 9.17) is 9.52 Å². The van der Waals surface area contributed by atoms with Gasteiger partial charge in [0.1, 0.15) is 0 Å². The number of hydrogen-bond donors (Lipinski definition) is 1. The average Bonchev–Trinajstić information content (AvgIpc) is 2.62. The third kappa shape index (κ3) is 3.87. The molecule has 0 atom stereocenters. The Balaban J connectivity index is 2.89. The summed E-state index contributed by atoms with van der Waals surface area (Å²) in [6.07, 6.45) is -0.0924. The second-order valence-corrected chi connectivity index (χ2v) is 5.66. The van der Waals surface area contributed by atoms with Crippen LogP contribution in [0.4, 0.5) is 0 Å². The van der Waals surface area contributed by atoms with E-state index in [1.165, 1.54) is 4.90 Å². The van der Waals surface area contributed by atoms with Crippen molar-refractivity contribution in [3.8, 4) is 0 Å². The summed E-state index contributed by atoms with van der Waals surface area (Å²) in [6, 6.07) is 3.19. The van der Waals surface area contributed by atoms with E-state index in [9.17, 15) is 9.59 Å². The van der Waals surface area contributed by atoms with Gasteiger partial charge in [-0.15, -0.1) is 0 Å². The summed E-state index contributed by atoms with van der Waals surface area (Å²) >= 11 is 3.13. The van der Waals surface area contributed by atoms with Crippen LogP contribution in [0.2, 0.25) is 0 Å². The fourth-order valence-corrected chi connectivity index (χ4v) is 1.82. The van der Waals surface area contributed by atoms with Crippen molar-refractivity contribution in [3.63, 3.8) is 0 Å². The number of nitrogens with zero attached hydrogens (tertiary/aromatic N) is 1. The zero-order valence-corrected chi connectivity index (χ0v) is 12.2. The van der Waals surface area contributed by atoms with Crippen molar-refractivity contribution in [2.24, 2.45) is 0 Å². The predicted octanol–water partition coefficient (Wildman–Crippen LogP) is 2.76. The number of carboxylic acids is 1. The Kier molecular flexibility index (Phi) is 4.56. The van der Waals surface area contributed by atoms with Crippen LogP contribution in [0.5, 0.6) is 0 Å². The maximum Gasteiger partial charge on any atom is 0.305 e. The predicted molar refractivity (Wildman–Crippen MR) is 69.5 cm³/mol. The fraction of sp³-hybridized carbons (Fsp3) is 0.500. The first-order valence-corrected chi connectivity index (χ1v) is 6.30. The lowest BCUT2D eigenvalue weighted by Gasteiger charge is -2.34. The number of furan rings is 1. The minimum absolute atomic E-state index is 0.0924. The Morgan fingerprint density at radius 1 is 1.39 bits per heavy atom. The van der Waals surface area contributed by atoms with Crippen LogP contribution >= 0.6 is 15.9 Å². The Morgan fingerprint density at radius 2 is 2.00 bits per heavy atom. The molecule has 1 aromatic rings. The first-order valence-electron chi connectivity index (χ1n) is 5.51. The minimum Gasteiger partial charge on any atom is -0.481 e. The van der Waals surface area contributed by atoms with E-state index in [2.05, 4.69) is 15.9 Å². The zero-order chi connectivity index (χ0) is 13.9. The topological polar surface area (TPSA) is 70.8 Å². The van der Waals surface area contributed by atoms with E-state index in [0.29, 0.717) is 4.67 Å². The minimum atomic E-state index is -0.933. The van der Waals surface area contributed by atoms with Crippen LogP contribution in [0.3, 0.4) is 0 Å². The molecule has 1 aromatic heterocycles. The number of amides is 1. The van der Waals surface area contributed by atoms with Gasteiger partial charge in [-0.05, 0) is 48.8 Å². The molecule has 1 rings (SSSR count). The Bertz CT molecular complexity index is 447. The van der Waals surface area contributed by atoms with E-state index in [-0.39, 0.29) is 24.6 Å². The molecule has 18 heavy (non-hydrogen) atoms. The second kappa shape index (κ2) is 5.56. The molecule has 0 aliphatic carbocycles. The van der Waals surface area contributed by atoms with Crippen molar-refractivity contribution in [1.82, 2.24) is 4.90 Å². The summed E-state index contributed by atoms with van der Waals surface area (Å²) in [4.78, 5) is 24.4. The summed E-state index contributed by atoms with van der Waals surface area (Å²) in [5, 5.41) is 8.72. The molecule has 0 unspecified atom stereocenters. The molecule has 1 N–H and O–H groups in total. The van der Waals surface area contributed by atoms with Crippen molar-refractivity contribution in [2.75, 3.05) is 6.54 Å². The standard InChI is InChI=1S/C12H16BrNO4/c1-12(2,3)14(7-6-10(15)16)11(17)8-4-5-9(13)18-8/h4-5H,6-7H2,1-3H3,(H,15,16). The van der Waals surface area contributed by atoms with Crippen LogP contribution < -0.4 is 0 Å². The van der Waals surface area contributed by atoms with Crippen molar-refractivity contribution in [1.29, 1.82) is 0 Å². The first-order chi connectivity index (χ1) is 8.21. The van der Waals surface area contributed by atoms with E-state index >= 15 is 0 Å². The molecule has 0 saturated carbocycles. The average molecular weight is 318 g/mol. The van der Waals surface area contributed by atoms with E-state index in [1.807, 2.05) is 20.8 Å². The van der Waals surface area contributed by atoms with Crippen molar-refractivity contribution in [3.05, 3.63) is 22.6 Å². The highest BCUT2D eigenvalue weighted by atomic mass is 79.9. The second-order valence-electron chi connectivity index (χ2n) is 4.88. The fourth-order valence-electron chi connectivity index (χ4n) is 1.51. The highest BCUT2D eigenvalue weighted by molar-refractivity contribution is 9.10. The van der Waals surface area contributed by atoms with E-state index < -0.39 is 11.5 Å². The van der Waals surface area contributed by atoms with Gasteiger partial charge < -0.3 is 14.4 Å². The molecule has 5 nitrogen and oxygen atoms in total. The number of halogens is 1. The number of aliphatic carboxylic acids is 1. The van der Waals surface area contributed by atoms with Gasteiger partial charge in [-0.25, -0.2) is 0 Å². The lowest BCUT2D eigenvalue weighted by atomic mass is 10.0. The van der Waals surface area contributed by atoms with Crippen LogP contribution in [0.25, 0.3) is 0 Å². The van der Waals surface area contributed by atoms with Crippen molar-refractivity contribution >= 4 is 27.8 Å². The monoisotopic (exact) mass is 317 g/mol. The molecule has 1 heterocycles. The van der Waals surface area contributed by atoms with Crippen molar-refractivity contribution in [2.45, 2.75) is 32.7 Å². The van der Waals surface area contributed by atoms with E-state index in [0.717, 1.165) is 0 Å². The van der Waals surface area contributed by atoms with Crippen LogP contribution in [0, 0.1) is 0 Å². The van der Waals surface area contributed by atoms with Gasteiger partial charge in [0.25, 0.3) is 5.91 Å². The summed E-state index contributed by atoms with van der Waals surface area (Å²) in [7, 11) is 0. The Labute approximate surface area is 114 Å². The molecule has 1 amide bonds. The molecule has 0 fully saturated rings. The molecule has 0 aromatic carbocycles. The third-order valence-electron chi connectivity index (χ3n) is 2.39. The summed E-state index contributed by atoms with van der Waals surface area (Å²) in [6.45, 7) is 5.70. The van der Waals surface area contributed by atoms with Gasteiger partial charge in [-0.1, -0.05) is 0 Å².